The summed E-state index contributed by atoms with van der Waals surface area (Å²) in [6.45, 7) is 0.614. The van der Waals surface area contributed by atoms with Gasteiger partial charge >= 0.3 is 5.97 Å². The number of benzene rings is 1. The second kappa shape index (κ2) is 5.81. The van der Waals surface area contributed by atoms with Gasteiger partial charge in [0.2, 0.25) is 0 Å². The molecule has 1 N–H and O–H groups in total. The minimum absolute atomic E-state index is 0.168. The highest BCUT2D eigenvalue weighted by atomic mass is 35.5. The first-order chi connectivity index (χ1) is 10.5. The van der Waals surface area contributed by atoms with E-state index in [1.165, 1.54) is 4.90 Å². The van der Waals surface area contributed by atoms with Gasteiger partial charge in [-0.25, -0.2) is 0 Å². The van der Waals surface area contributed by atoms with Crippen LogP contribution in [0.15, 0.2) is 34.9 Å². The average Bonchev–Trinajstić information content (AvgIpc) is 3.16. The van der Waals surface area contributed by atoms with Crippen LogP contribution in [0.25, 0.3) is 11.3 Å². The summed E-state index contributed by atoms with van der Waals surface area (Å²) in [5.41, 5.74) is 0.893. The minimum atomic E-state index is -0.880. The Labute approximate surface area is 131 Å². The standard InChI is InChI=1S/C15H13ClN2O4/c16-11-3-1-2-9(6-11)13-7-12(17-22-13)14(19)18-5-4-10(8-18)15(20)21/h1-3,6-7,10H,4-5,8H2,(H,20,21). The second-order valence-corrected chi connectivity index (χ2v) is 5.60. The zero-order valence-electron chi connectivity index (χ0n) is 11.5. The van der Waals surface area contributed by atoms with Crippen LogP contribution in [0.3, 0.4) is 0 Å². The number of amides is 1. The van der Waals surface area contributed by atoms with E-state index in [-0.39, 0.29) is 18.1 Å². The molecule has 0 bridgehead atoms. The topological polar surface area (TPSA) is 83.6 Å². The molecule has 1 atom stereocenters. The van der Waals surface area contributed by atoms with Crippen LogP contribution in [0.5, 0.6) is 0 Å². The lowest BCUT2D eigenvalue weighted by Crippen LogP contribution is -2.30. The number of carbonyl (C=O) groups excluding carboxylic acids is 1. The molecule has 1 amide bonds. The van der Waals surface area contributed by atoms with Crippen molar-refractivity contribution in [2.45, 2.75) is 6.42 Å². The van der Waals surface area contributed by atoms with Crippen molar-refractivity contribution in [1.82, 2.24) is 10.1 Å². The number of hydrogen-bond donors (Lipinski definition) is 1. The quantitative estimate of drug-likeness (QED) is 0.939. The van der Waals surface area contributed by atoms with Crippen molar-refractivity contribution in [2.75, 3.05) is 13.1 Å². The lowest BCUT2D eigenvalue weighted by atomic mass is 10.1. The van der Waals surface area contributed by atoms with Crippen LogP contribution >= 0.6 is 11.6 Å². The molecular weight excluding hydrogens is 308 g/mol. The summed E-state index contributed by atoms with van der Waals surface area (Å²) in [5.74, 6) is -1.26. The Morgan fingerprint density at radius 3 is 2.86 bits per heavy atom. The molecule has 1 saturated heterocycles. The van der Waals surface area contributed by atoms with Crippen molar-refractivity contribution in [3.63, 3.8) is 0 Å². The van der Waals surface area contributed by atoms with E-state index in [1.807, 2.05) is 0 Å². The van der Waals surface area contributed by atoms with Gasteiger partial charge in [-0.15, -0.1) is 0 Å². The van der Waals surface area contributed by atoms with Crippen LogP contribution in [-0.2, 0) is 4.79 Å². The van der Waals surface area contributed by atoms with Crippen LogP contribution in [-0.4, -0.2) is 40.1 Å². The molecule has 0 radical (unpaired) electrons. The fourth-order valence-electron chi connectivity index (χ4n) is 2.46. The van der Waals surface area contributed by atoms with Crippen molar-refractivity contribution in [2.24, 2.45) is 5.92 Å². The molecule has 2 aromatic rings. The summed E-state index contributed by atoms with van der Waals surface area (Å²) in [4.78, 5) is 24.7. The number of carboxylic acids is 1. The van der Waals surface area contributed by atoms with Gasteiger partial charge in [0.05, 0.1) is 5.92 Å². The van der Waals surface area contributed by atoms with E-state index in [9.17, 15) is 9.59 Å². The van der Waals surface area contributed by atoms with Crippen LogP contribution in [0.2, 0.25) is 5.02 Å². The zero-order valence-corrected chi connectivity index (χ0v) is 12.3. The lowest BCUT2D eigenvalue weighted by molar-refractivity contribution is -0.141. The molecule has 7 heteroatoms. The predicted octanol–water partition coefficient (Wildman–Crippen LogP) is 2.54. The number of carboxylic acid groups (broad SMARTS) is 1. The largest absolute Gasteiger partial charge is 0.481 e. The third-order valence-corrected chi connectivity index (χ3v) is 3.90. The molecule has 1 unspecified atom stereocenters. The summed E-state index contributed by atoms with van der Waals surface area (Å²) < 4.78 is 5.19. The second-order valence-electron chi connectivity index (χ2n) is 5.16. The Bertz CT molecular complexity index is 728. The summed E-state index contributed by atoms with van der Waals surface area (Å²) in [7, 11) is 0. The third kappa shape index (κ3) is 2.82. The molecule has 1 fully saturated rings. The fraction of sp³-hybridized carbons (Fsp3) is 0.267. The Morgan fingerprint density at radius 2 is 2.18 bits per heavy atom. The summed E-state index contributed by atoms with van der Waals surface area (Å²) >= 11 is 5.92. The van der Waals surface area contributed by atoms with Gasteiger partial charge in [0.15, 0.2) is 11.5 Å². The maximum absolute atomic E-state index is 12.3. The van der Waals surface area contributed by atoms with E-state index in [0.717, 1.165) is 5.56 Å². The maximum atomic E-state index is 12.3. The number of likely N-dealkylation sites (tertiary alicyclic amines) is 1. The third-order valence-electron chi connectivity index (χ3n) is 3.66. The molecule has 0 aliphatic carbocycles. The molecule has 1 aromatic carbocycles. The molecule has 1 aliphatic heterocycles. The van der Waals surface area contributed by atoms with Gasteiger partial charge in [0.1, 0.15) is 0 Å². The van der Waals surface area contributed by atoms with Gasteiger partial charge in [0.25, 0.3) is 5.91 Å². The number of rotatable bonds is 3. The Hall–Kier alpha value is -2.34. The summed E-state index contributed by atoms with van der Waals surface area (Å²) in [5, 5.41) is 13.3. The number of aliphatic carboxylic acids is 1. The van der Waals surface area contributed by atoms with Crippen LogP contribution in [0, 0.1) is 5.92 Å². The molecule has 0 spiro atoms. The molecule has 1 aliphatic rings. The van der Waals surface area contributed by atoms with Crippen molar-refractivity contribution in [3.8, 4) is 11.3 Å². The van der Waals surface area contributed by atoms with E-state index in [1.54, 1.807) is 30.3 Å². The normalized spacial score (nSPS) is 17.7. The van der Waals surface area contributed by atoms with Crippen molar-refractivity contribution in [1.29, 1.82) is 0 Å². The van der Waals surface area contributed by atoms with Crippen molar-refractivity contribution >= 4 is 23.5 Å². The Balaban J connectivity index is 1.77. The molecule has 114 valence electrons. The van der Waals surface area contributed by atoms with E-state index >= 15 is 0 Å². The monoisotopic (exact) mass is 320 g/mol. The number of nitrogens with zero attached hydrogens (tertiary/aromatic N) is 2. The molecule has 6 nitrogen and oxygen atoms in total. The first-order valence-electron chi connectivity index (χ1n) is 6.79. The molecule has 2 heterocycles. The van der Waals surface area contributed by atoms with Gasteiger partial charge in [-0.2, -0.15) is 0 Å². The Kier molecular flexibility index (Phi) is 3.85. The molecule has 22 heavy (non-hydrogen) atoms. The summed E-state index contributed by atoms with van der Waals surface area (Å²) in [6.07, 6.45) is 0.458. The number of halogens is 1. The fourth-order valence-corrected chi connectivity index (χ4v) is 2.65. The Morgan fingerprint density at radius 1 is 1.36 bits per heavy atom. The van der Waals surface area contributed by atoms with Gasteiger partial charge in [-0.05, 0) is 18.6 Å². The average molecular weight is 321 g/mol. The molecule has 3 rings (SSSR count). The van der Waals surface area contributed by atoms with E-state index in [4.69, 9.17) is 21.2 Å². The van der Waals surface area contributed by atoms with E-state index in [0.29, 0.717) is 23.7 Å². The molecular formula is C15H13ClN2O4. The highest BCUT2D eigenvalue weighted by Crippen LogP contribution is 2.25. The van der Waals surface area contributed by atoms with Crippen molar-refractivity contribution < 1.29 is 19.2 Å². The highest BCUT2D eigenvalue weighted by molar-refractivity contribution is 6.30. The van der Waals surface area contributed by atoms with Gasteiger partial charge in [-0.3, -0.25) is 9.59 Å². The van der Waals surface area contributed by atoms with Crippen LogP contribution in [0.1, 0.15) is 16.9 Å². The minimum Gasteiger partial charge on any atom is -0.481 e. The van der Waals surface area contributed by atoms with Gasteiger partial charge in [-0.1, -0.05) is 28.9 Å². The first kappa shape index (κ1) is 14.6. The smallest absolute Gasteiger partial charge is 0.308 e. The molecule has 1 aromatic heterocycles. The predicted molar refractivity (Wildman–Crippen MR) is 78.6 cm³/mol. The summed E-state index contributed by atoms with van der Waals surface area (Å²) in [6, 6.07) is 8.58. The maximum Gasteiger partial charge on any atom is 0.308 e. The number of aromatic nitrogens is 1. The number of hydrogen-bond acceptors (Lipinski definition) is 4. The van der Waals surface area contributed by atoms with Gasteiger partial charge in [0, 0.05) is 29.7 Å². The van der Waals surface area contributed by atoms with Crippen LogP contribution in [0.4, 0.5) is 0 Å². The highest BCUT2D eigenvalue weighted by Gasteiger charge is 2.32. The van der Waals surface area contributed by atoms with Gasteiger partial charge < -0.3 is 14.5 Å². The van der Waals surface area contributed by atoms with Crippen molar-refractivity contribution in [3.05, 3.63) is 41.0 Å². The zero-order chi connectivity index (χ0) is 15.7. The first-order valence-corrected chi connectivity index (χ1v) is 7.17. The van der Waals surface area contributed by atoms with E-state index < -0.39 is 11.9 Å². The SMILES string of the molecule is O=C(O)C1CCN(C(=O)c2cc(-c3cccc(Cl)c3)on2)C1. The van der Waals surface area contributed by atoms with E-state index in [2.05, 4.69) is 5.16 Å². The molecule has 0 saturated carbocycles. The van der Waals surface area contributed by atoms with Crippen LogP contribution < -0.4 is 0 Å². The number of carbonyl (C=O) groups is 2. The lowest BCUT2D eigenvalue weighted by Gasteiger charge is -2.13.